The van der Waals surface area contributed by atoms with Crippen molar-refractivity contribution >= 4 is 10.9 Å². The van der Waals surface area contributed by atoms with E-state index in [1.54, 1.807) is 0 Å². The van der Waals surface area contributed by atoms with Gasteiger partial charge in [0, 0.05) is 17.1 Å². The molecule has 2 aromatic heterocycles. The Morgan fingerprint density at radius 1 is 1.25 bits per heavy atom. The third-order valence-corrected chi connectivity index (χ3v) is 3.20. The van der Waals surface area contributed by atoms with E-state index in [0.717, 1.165) is 22.3 Å². The molecule has 0 bridgehead atoms. The van der Waals surface area contributed by atoms with Crippen LogP contribution in [-0.4, -0.2) is 21.8 Å². The number of ether oxygens (including phenoxy) is 1. The number of aromatic nitrogens is 3. The molecule has 102 valence electrons. The van der Waals surface area contributed by atoms with Crippen molar-refractivity contribution in [2.45, 2.75) is 13.8 Å². The highest BCUT2D eigenvalue weighted by molar-refractivity contribution is 5.88. The molecule has 1 aromatic carbocycles. The lowest BCUT2D eigenvalue weighted by Gasteiger charge is -2.09. The van der Waals surface area contributed by atoms with Crippen LogP contribution in [0, 0.1) is 6.92 Å². The van der Waals surface area contributed by atoms with Crippen LogP contribution in [0.25, 0.3) is 22.2 Å². The maximum atomic E-state index is 11.9. The van der Waals surface area contributed by atoms with Crippen LogP contribution in [0.5, 0.6) is 5.75 Å². The first kappa shape index (κ1) is 12.5. The fourth-order valence-electron chi connectivity index (χ4n) is 2.30. The predicted octanol–water partition coefficient (Wildman–Crippen LogP) is 2.63. The molecule has 0 amide bonds. The SMILES string of the molecule is CCOc1cc(-c2c(C)[nH][nH]c2=O)nc2ccccc12. The number of nitrogens with one attached hydrogen (secondary N) is 2. The van der Waals surface area contributed by atoms with E-state index >= 15 is 0 Å². The van der Waals surface area contributed by atoms with Crippen LogP contribution in [-0.2, 0) is 0 Å². The zero-order valence-corrected chi connectivity index (χ0v) is 11.4. The average Bonchev–Trinajstić information content (AvgIpc) is 2.78. The van der Waals surface area contributed by atoms with Gasteiger partial charge >= 0.3 is 0 Å². The number of pyridine rings is 1. The van der Waals surface area contributed by atoms with E-state index < -0.39 is 0 Å². The summed E-state index contributed by atoms with van der Waals surface area (Å²) in [5, 5.41) is 6.34. The van der Waals surface area contributed by atoms with E-state index in [0.29, 0.717) is 17.9 Å². The highest BCUT2D eigenvalue weighted by Gasteiger charge is 2.14. The van der Waals surface area contributed by atoms with Crippen LogP contribution in [0.3, 0.4) is 0 Å². The molecule has 0 saturated heterocycles. The Balaban J connectivity index is 2.30. The average molecular weight is 269 g/mol. The molecule has 0 aliphatic carbocycles. The van der Waals surface area contributed by atoms with Crippen molar-refractivity contribution in [1.29, 1.82) is 0 Å². The lowest BCUT2D eigenvalue weighted by atomic mass is 10.1. The number of para-hydroxylation sites is 1. The van der Waals surface area contributed by atoms with Gasteiger partial charge in [0.25, 0.3) is 5.56 Å². The Labute approximate surface area is 115 Å². The number of nitrogens with zero attached hydrogens (tertiary/aromatic N) is 1. The maximum Gasteiger partial charge on any atom is 0.273 e. The molecule has 0 atom stereocenters. The minimum atomic E-state index is -0.173. The number of hydrogen-bond acceptors (Lipinski definition) is 3. The van der Waals surface area contributed by atoms with Crippen LogP contribution in [0.15, 0.2) is 35.1 Å². The van der Waals surface area contributed by atoms with E-state index in [-0.39, 0.29) is 5.56 Å². The first-order valence-corrected chi connectivity index (χ1v) is 6.51. The predicted molar refractivity (Wildman–Crippen MR) is 78.1 cm³/mol. The summed E-state index contributed by atoms with van der Waals surface area (Å²) in [5.74, 6) is 0.744. The van der Waals surface area contributed by atoms with Crippen LogP contribution in [0.1, 0.15) is 12.6 Å². The number of rotatable bonds is 3. The van der Waals surface area contributed by atoms with Crippen LogP contribution < -0.4 is 10.3 Å². The standard InChI is InChI=1S/C15H15N3O2/c1-3-20-13-8-12(14-9(2)17-18-15(14)19)16-11-7-5-4-6-10(11)13/h4-8H,3H2,1-2H3,(H2,17,18,19). The van der Waals surface area contributed by atoms with Crippen molar-refractivity contribution in [3.8, 4) is 17.0 Å². The first-order valence-electron chi connectivity index (χ1n) is 6.51. The maximum absolute atomic E-state index is 11.9. The zero-order chi connectivity index (χ0) is 14.1. The molecule has 5 heteroatoms. The normalized spacial score (nSPS) is 10.9. The van der Waals surface area contributed by atoms with Crippen molar-refractivity contribution in [3.05, 3.63) is 46.4 Å². The van der Waals surface area contributed by atoms with Gasteiger partial charge in [0.15, 0.2) is 0 Å². The number of aryl methyl sites for hydroxylation is 1. The highest BCUT2D eigenvalue weighted by atomic mass is 16.5. The molecule has 0 spiro atoms. The molecule has 0 aliphatic heterocycles. The van der Waals surface area contributed by atoms with Crippen molar-refractivity contribution in [3.63, 3.8) is 0 Å². The Bertz CT molecular complexity index is 817. The number of aromatic amines is 2. The van der Waals surface area contributed by atoms with E-state index in [2.05, 4.69) is 15.2 Å². The summed E-state index contributed by atoms with van der Waals surface area (Å²) in [5.41, 5.74) is 2.57. The molecule has 2 heterocycles. The Kier molecular flexibility index (Phi) is 3.02. The number of hydrogen-bond donors (Lipinski definition) is 2. The molecule has 20 heavy (non-hydrogen) atoms. The third-order valence-electron chi connectivity index (χ3n) is 3.20. The van der Waals surface area contributed by atoms with Gasteiger partial charge in [0.2, 0.25) is 0 Å². The number of fused-ring (bicyclic) bond motifs is 1. The van der Waals surface area contributed by atoms with Gasteiger partial charge in [0.05, 0.1) is 23.4 Å². The van der Waals surface area contributed by atoms with Gasteiger partial charge in [-0.05, 0) is 26.0 Å². The number of H-pyrrole nitrogens is 2. The summed E-state index contributed by atoms with van der Waals surface area (Å²) in [6.45, 7) is 4.34. The second-order valence-corrected chi connectivity index (χ2v) is 4.53. The molecule has 5 nitrogen and oxygen atoms in total. The summed E-state index contributed by atoms with van der Waals surface area (Å²) in [4.78, 5) is 16.4. The van der Waals surface area contributed by atoms with E-state index in [1.165, 1.54) is 0 Å². The lowest BCUT2D eigenvalue weighted by molar-refractivity contribution is 0.344. The van der Waals surface area contributed by atoms with Crippen LogP contribution >= 0.6 is 0 Å². The molecular formula is C15H15N3O2. The van der Waals surface area contributed by atoms with Gasteiger partial charge in [-0.15, -0.1) is 0 Å². The summed E-state index contributed by atoms with van der Waals surface area (Å²) in [7, 11) is 0. The first-order chi connectivity index (χ1) is 9.70. The van der Waals surface area contributed by atoms with Crippen LogP contribution in [0.4, 0.5) is 0 Å². The van der Waals surface area contributed by atoms with Gasteiger partial charge in [-0.2, -0.15) is 0 Å². The van der Waals surface area contributed by atoms with Gasteiger partial charge in [0.1, 0.15) is 5.75 Å². The second kappa shape index (κ2) is 4.85. The molecule has 0 aliphatic rings. The summed E-state index contributed by atoms with van der Waals surface area (Å²) < 4.78 is 5.68. The van der Waals surface area contributed by atoms with Crippen LogP contribution in [0.2, 0.25) is 0 Å². The Hall–Kier alpha value is -2.56. The topological polar surface area (TPSA) is 70.8 Å². The largest absolute Gasteiger partial charge is 0.493 e. The van der Waals surface area contributed by atoms with Gasteiger partial charge < -0.3 is 9.84 Å². The monoisotopic (exact) mass is 269 g/mol. The molecule has 0 unspecified atom stereocenters. The molecule has 0 saturated carbocycles. The Morgan fingerprint density at radius 3 is 2.75 bits per heavy atom. The molecule has 3 rings (SSSR count). The zero-order valence-electron chi connectivity index (χ0n) is 11.4. The fourth-order valence-corrected chi connectivity index (χ4v) is 2.30. The summed E-state index contributed by atoms with van der Waals surface area (Å²) >= 11 is 0. The minimum absolute atomic E-state index is 0.173. The Morgan fingerprint density at radius 2 is 2.05 bits per heavy atom. The fraction of sp³-hybridized carbons (Fsp3) is 0.200. The quantitative estimate of drug-likeness (QED) is 0.767. The van der Waals surface area contributed by atoms with Crippen molar-refractivity contribution in [2.24, 2.45) is 0 Å². The summed E-state index contributed by atoms with van der Waals surface area (Å²) in [6, 6.07) is 9.56. The molecule has 0 fully saturated rings. The highest BCUT2D eigenvalue weighted by Crippen LogP contribution is 2.29. The molecule has 2 N–H and O–H groups in total. The second-order valence-electron chi connectivity index (χ2n) is 4.53. The molecule has 0 radical (unpaired) electrons. The molecular weight excluding hydrogens is 254 g/mol. The van der Waals surface area contributed by atoms with Crippen molar-refractivity contribution in [1.82, 2.24) is 15.2 Å². The van der Waals surface area contributed by atoms with Gasteiger partial charge in [-0.1, -0.05) is 12.1 Å². The van der Waals surface area contributed by atoms with E-state index in [1.807, 2.05) is 44.2 Å². The lowest BCUT2D eigenvalue weighted by Crippen LogP contribution is -2.04. The van der Waals surface area contributed by atoms with Crippen molar-refractivity contribution in [2.75, 3.05) is 6.61 Å². The molecule has 3 aromatic rings. The van der Waals surface area contributed by atoms with Crippen molar-refractivity contribution < 1.29 is 4.74 Å². The third kappa shape index (κ3) is 1.97. The van der Waals surface area contributed by atoms with E-state index in [4.69, 9.17) is 4.74 Å². The van der Waals surface area contributed by atoms with E-state index in [9.17, 15) is 4.79 Å². The van der Waals surface area contributed by atoms with Gasteiger partial charge in [-0.25, -0.2) is 4.98 Å². The minimum Gasteiger partial charge on any atom is -0.493 e. The van der Waals surface area contributed by atoms with Gasteiger partial charge in [-0.3, -0.25) is 9.89 Å². The number of benzene rings is 1. The summed E-state index contributed by atoms with van der Waals surface area (Å²) in [6.07, 6.45) is 0. The smallest absolute Gasteiger partial charge is 0.273 e.